The number of H-pyrrole nitrogens is 1. The second-order valence-electron chi connectivity index (χ2n) is 7.98. The van der Waals surface area contributed by atoms with Crippen molar-refractivity contribution in [2.75, 3.05) is 7.11 Å². The van der Waals surface area contributed by atoms with E-state index in [4.69, 9.17) is 4.74 Å². The van der Waals surface area contributed by atoms with E-state index in [0.717, 1.165) is 6.07 Å². The van der Waals surface area contributed by atoms with E-state index in [1.165, 1.54) is 39.2 Å². The van der Waals surface area contributed by atoms with Crippen LogP contribution in [0, 0.1) is 5.82 Å². The molecule has 1 unspecified atom stereocenters. The maximum Gasteiger partial charge on any atom is 0.417 e. The SMILES string of the molecule is C=Cc1[nH]c(CC(O)(CC(C)(C)c2cc(F)ccc2OC)C(F)(F)F)cc1/C=C\C. The summed E-state index contributed by atoms with van der Waals surface area (Å²) in [7, 11) is 1.36. The first-order valence-corrected chi connectivity index (χ1v) is 9.47. The Labute approximate surface area is 174 Å². The van der Waals surface area contributed by atoms with Gasteiger partial charge in [-0.15, -0.1) is 0 Å². The van der Waals surface area contributed by atoms with Crippen molar-refractivity contribution >= 4 is 12.2 Å². The van der Waals surface area contributed by atoms with E-state index in [1.807, 2.05) is 0 Å². The average Bonchev–Trinajstić information content (AvgIpc) is 3.01. The molecule has 30 heavy (non-hydrogen) atoms. The van der Waals surface area contributed by atoms with Gasteiger partial charge in [0.2, 0.25) is 0 Å². The molecule has 164 valence electrons. The van der Waals surface area contributed by atoms with Crippen LogP contribution in [-0.4, -0.2) is 29.0 Å². The molecule has 2 aromatic rings. The number of nitrogens with one attached hydrogen (secondary N) is 1. The highest BCUT2D eigenvalue weighted by Gasteiger charge is 2.56. The van der Waals surface area contributed by atoms with Gasteiger partial charge in [0, 0.05) is 23.4 Å². The third kappa shape index (κ3) is 4.95. The molecule has 0 amide bonds. The van der Waals surface area contributed by atoms with Gasteiger partial charge in [0.15, 0.2) is 5.60 Å². The Balaban J connectivity index is 2.47. The minimum Gasteiger partial charge on any atom is -0.496 e. The van der Waals surface area contributed by atoms with Gasteiger partial charge >= 0.3 is 6.18 Å². The zero-order valence-corrected chi connectivity index (χ0v) is 17.5. The number of aromatic nitrogens is 1. The molecule has 1 aromatic heterocycles. The average molecular weight is 425 g/mol. The molecule has 0 aliphatic carbocycles. The van der Waals surface area contributed by atoms with Crippen molar-refractivity contribution < 1.29 is 27.4 Å². The molecule has 0 radical (unpaired) electrons. The molecule has 0 aliphatic rings. The maximum absolute atomic E-state index is 14.0. The van der Waals surface area contributed by atoms with E-state index in [2.05, 4.69) is 11.6 Å². The molecule has 0 saturated heterocycles. The summed E-state index contributed by atoms with van der Waals surface area (Å²) >= 11 is 0. The number of allylic oxidation sites excluding steroid dienone is 1. The highest BCUT2D eigenvalue weighted by molar-refractivity contribution is 5.63. The predicted molar refractivity (Wildman–Crippen MR) is 111 cm³/mol. The van der Waals surface area contributed by atoms with Crippen LogP contribution in [0.15, 0.2) is 36.9 Å². The molecule has 2 N–H and O–H groups in total. The second kappa shape index (κ2) is 8.68. The highest BCUT2D eigenvalue weighted by atomic mass is 19.4. The minimum absolute atomic E-state index is 0.222. The number of aliphatic hydroxyl groups is 1. The Morgan fingerprint density at radius 2 is 1.87 bits per heavy atom. The Kier molecular flexibility index (Phi) is 6.87. The van der Waals surface area contributed by atoms with Gasteiger partial charge < -0.3 is 14.8 Å². The molecule has 0 aliphatic heterocycles. The number of halogens is 4. The van der Waals surface area contributed by atoms with Crippen molar-refractivity contribution in [1.29, 1.82) is 0 Å². The first kappa shape index (κ1) is 23.7. The third-order valence-corrected chi connectivity index (χ3v) is 5.12. The number of hydrogen-bond acceptors (Lipinski definition) is 2. The summed E-state index contributed by atoms with van der Waals surface area (Å²) in [5, 5.41) is 10.8. The van der Waals surface area contributed by atoms with Crippen molar-refractivity contribution in [3.8, 4) is 5.75 Å². The van der Waals surface area contributed by atoms with Gasteiger partial charge in [0.05, 0.1) is 7.11 Å². The lowest BCUT2D eigenvalue weighted by molar-refractivity contribution is -0.266. The fraction of sp³-hybridized carbons (Fsp3) is 0.391. The zero-order valence-electron chi connectivity index (χ0n) is 17.5. The molecule has 7 heteroatoms. The van der Waals surface area contributed by atoms with Crippen molar-refractivity contribution in [3.05, 3.63) is 65.3 Å². The number of methoxy groups -OCH3 is 1. The van der Waals surface area contributed by atoms with Gasteiger partial charge in [-0.05, 0) is 54.7 Å². The minimum atomic E-state index is -4.91. The van der Waals surface area contributed by atoms with Gasteiger partial charge in [0.25, 0.3) is 0 Å². The van der Waals surface area contributed by atoms with Crippen LogP contribution >= 0.6 is 0 Å². The van der Waals surface area contributed by atoms with E-state index in [0.29, 0.717) is 11.3 Å². The van der Waals surface area contributed by atoms with E-state index >= 15 is 0 Å². The molecule has 2 rings (SSSR count). The summed E-state index contributed by atoms with van der Waals surface area (Å²) in [6.07, 6.45) is -1.28. The molecular formula is C23H27F4NO2. The topological polar surface area (TPSA) is 45.2 Å². The summed E-state index contributed by atoms with van der Waals surface area (Å²) in [5.41, 5.74) is -2.57. The van der Waals surface area contributed by atoms with Gasteiger partial charge in [-0.1, -0.05) is 32.6 Å². The van der Waals surface area contributed by atoms with Gasteiger partial charge in [-0.2, -0.15) is 13.2 Å². The Morgan fingerprint density at radius 1 is 1.20 bits per heavy atom. The number of ether oxygens (including phenoxy) is 1. The molecule has 0 saturated carbocycles. The molecule has 0 fully saturated rings. The third-order valence-electron chi connectivity index (χ3n) is 5.12. The van der Waals surface area contributed by atoms with Gasteiger partial charge in [0.1, 0.15) is 11.6 Å². The number of rotatable bonds is 8. The first-order valence-electron chi connectivity index (χ1n) is 9.47. The van der Waals surface area contributed by atoms with Crippen LogP contribution in [0.4, 0.5) is 17.6 Å². The Morgan fingerprint density at radius 3 is 2.40 bits per heavy atom. The van der Waals surface area contributed by atoms with Crippen LogP contribution < -0.4 is 4.74 Å². The molecule has 1 atom stereocenters. The van der Waals surface area contributed by atoms with E-state index < -0.39 is 35.9 Å². The van der Waals surface area contributed by atoms with E-state index in [9.17, 15) is 22.7 Å². The lowest BCUT2D eigenvalue weighted by Crippen LogP contribution is -2.51. The van der Waals surface area contributed by atoms with Crippen LogP contribution in [-0.2, 0) is 11.8 Å². The van der Waals surface area contributed by atoms with Crippen LogP contribution in [0.5, 0.6) is 5.75 Å². The summed E-state index contributed by atoms with van der Waals surface area (Å²) < 4.78 is 61.1. The Bertz CT molecular complexity index is 928. The normalized spacial score (nSPS) is 14.7. The van der Waals surface area contributed by atoms with Crippen LogP contribution in [0.1, 0.15) is 49.7 Å². The van der Waals surface area contributed by atoms with Crippen molar-refractivity contribution in [2.45, 2.75) is 50.8 Å². The molecule has 0 bridgehead atoms. The van der Waals surface area contributed by atoms with Crippen LogP contribution in [0.3, 0.4) is 0 Å². The van der Waals surface area contributed by atoms with E-state index in [1.54, 1.807) is 25.1 Å². The molecular weight excluding hydrogens is 398 g/mol. The molecule has 3 nitrogen and oxygen atoms in total. The largest absolute Gasteiger partial charge is 0.496 e. The predicted octanol–water partition coefficient (Wildman–Crippen LogP) is 6.04. The molecule has 1 heterocycles. The van der Waals surface area contributed by atoms with Crippen molar-refractivity contribution in [2.24, 2.45) is 0 Å². The fourth-order valence-corrected chi connectivity index (χ4v) is 3.74. The van der Waals surface area contributed by atoms with Crippen LogP contribution in [0.25, 0.3) is 12.2 Å². The van der Waals surface area contributed by atoms with Gasteiger partial charge in [-0.25, -0.2) is 4.39 Å². The summed E-state index contributed by atoms with van der Waals surface area (Å²) in [6.45, 7) is 8.50. The van der Waals surface area contributed by atoms with Crippen molar-refractivity contribution in [3.63, 3.8) is 0 Å². The molecule has 0 spiro atoms. The van der Waals surface area contributed by atoms with E-state index in [-0.39, 0.29) is 17.0 Å². The first-order chi connectivity index (χ1) is 13.9. The second-order valence-corrected chi connectivity index (χ2v) is 7.98. The van der Waals surface area contributed by atoms with Gasteiger partial charge in [-0.3, -0.25) is 0 Å². The number of hydrogen-bond donors (Lipinski definition) is 2. The summed E-state index contributed by atoms with van der Waals surface area (Å²) in [4.78, 5) is 2.89. The monoisotopic (exact) mass is 425 g/mol. The summed E-state index contributed by atoms with van der Waals surface area (Å²) in [6, 6.07) is 5.24. The molecule has 1 aromatic carbocycles. The van der Waals surface area contributed by atoms with Crippen LogP contribution in [0.2, 0.25) is 0 Å². The maximum atomic E-state index is 14.0. The number of benzene rings is 1. The van der Waals surface area contributed by atoms with Crippen molar-refractivity contribution in [1.82, 2.24) is 4.98 Å². The quantitative estimate of drug-likeness (QED) is 0.506. The lowest BCUT2D eigenvalue weighted by Gasteiger charge is -2.38. The lowest BCUT2D eigenvalue weighted by atomic mass is 9.73. The fourth-order valence-electron chi connectivity index (χ4n) is 3.74. The zero-order chi connectivity index (χ0) is 22.7. The standard InChI is InChI=1S/C23H27F4NO2/c1-6-8-15-11-17(28-19(15)7-2)13-22(29,23(25,26)27)14-21(3,4)18-12-16(24)9-10-20(18)30-5/h6-12,28-29H,2,13-14H2,1,3-5H3/b8-6-. The number of alkyl halides is 3. The number of aromatic amines is 1. The highest BCUT2D eigenvalue weighted by Crippen LogP contribution is 2.45. The summed E-state index contributed by atoms with van der Waals surface area (Å²) in [5.74, 6) is -0.333. The Hall–Kier alpha value is -2.54. The smallest absolute Gasteiger partial charge is 0.417 e.